The summed E-state index contributed by atoms with van der Waals surface area (Å²) in [5, 5.41) is 9.67. The van der Waals surface area contributed by atoms with Gasteiger partial charge in [-0.2, -0.15) is 0 Å². The number of aliphatic hydroxyl groups excluding tert-OH is 1. The fraction of sp³-hybridized carbons (Fsp3) is 0.538. The van der Waals surface area contributed by atoms with Gasteiger partial charge in [0, 0.05) is 11.1 Å². The zero-order valence-electron chi connectivity index (χ0n) is 11.4. The second-order valence-corrected chi connectivity index (χ2v) is 7.08. The molecule has 0 aliphatic rings. The van der Waals surface area contributed by atoms with E-state index >= 15 is 0 Å². The first kappa shape index (κ1) is 16.4. The van der Waals surface area contributed by atoms with Crippen LogP contribution in [0.25, 0.3) is 0 Å². The van der Waals surface area contributed by atoms with Crippen molar-refractivity contribution in [3.63, 3.8) is 0 Å². The molecule has 0 spiro atoms. The van der Waals surface area contributed by atoms with E-state index < -0.39 is 16.1 Å². The van der Waals surface area contributed by atoms with Gasteiger partial charge in [0.25, 0.3) is 0 Å². The van der Waals surface area contributed by atoms with Crippen LogP contribution in [-0.2, 0) is 10.0 Å². The van der Waals surface area contributed by atoms with E-state index in [1.54, 1.807) is 19.1 Å². The topological polar surface area (TPSA) is 66.4 Å². The van der Waals surface area contributed by atoms with Crippen LogP contribution >= 0.6 is 11.6 Å². The summed E-state index contributed by atoms with van der Waals surface area (Å²) in [4.78, 5) is 0.155. The normalized spacial score (nSPS) is 13.8. The largest absolute Gasteiger partial charge is 0.395 e. The second kappa shape index (κ2) is 6.70. The maximum absolute atomic E-state index is 12.3. The van der Waals surface area contributed by atoms with E-state index in [1.807, 2.05) is 13.8 Å². The van der Waals surface area contributed by atoms with E-state index in [1.165, 1.54) is 6.07 Å². The Balaban J connectivity index is 3.01. The molecular formula is C13H20ClNO3S. The van der Waals surface area contributed by atoms with Crippen molar-refractivity contribution in [2.75, 3.05) is 6.61 Å². The second-order valence-electron chi connectivity index (χ2n) is 4.99. The standard InChI is InChI=1S/C13H20ClNO3S/c1-9(2)7-11(8-16)15-19(17,18)13-6-4-5-12(14)10(13)3/h4-6,9,11,15-16H,7-8H2,1-3H3. The van der Waals surface area contributed by atoms with Gasteiger partial charge >= 0.3 is 0 Å². The average Bonchev–Trinajstić information content (AvgIpc) is 2.30. The SMILES string of the molecule is Cc1c(Cl)cccc1S(=O)(=O)NC(CO)CC(C)C. The Hall–Kier alpha value is -0.620. The molecule has 0 aliphatic heterocycles. The maximum atomic E-state index is 12.3. The highest BCUT2D eigenvalue weighted by molar-refractivity contribution is 7.89. The van der Waals surface area contributed by atoms with Crippen LogP contribution in [0, 0.1) is 12.8 Å². The number of benzene rings is 1. The Morgan fingerprint density at radius 2 is 2.00 bits per heavy atom. The number of rotatable bonds is 6. The Labute approximate surface area is 119 Å². The Bertz CT molecular complexity index is 529. The van der Waals surface area contributed by atoms with Crippen LogP contribution in [0.2, 0.25) is 5.02 Å². The average molecular weight is 306 g/mol. The van der Waals surface area contributed by atoms with Gasteiger partial charge in [0.2, 0.25) is 10.0 Å². The van der Waals surface area contributed by atoms with Crippen LogP contribution in [0.4, 0.5) is 0 Å². The summed E-state index contributed by atoms with van der Waals surface area (Å²) in [7, 11) is -3.66. The Morgan fingerprint density at radius 1 is 1.37 bits per heavy atom. The van der Waals surface area contributed by atoms with Crippen LogP contribution in [0.3, 0.4) is 0 Å². The predicted octanol–water partition coefficient (Wildman–Crippen LogP) is 2.33. The summed E-state index contributed by atoms with van der Waals surface area (Å²) in [6.07, 6.45) is 0.579. The summed E-state index contributed by atoms with van der Waals surface area (Å²) in [6.45, 7) is 5.38. The molecule has 6 heteroatoms. The summed E-state index contributed by atoms with van der Waals surface area (Å²) in [5.41, 5.74) is 0.512. The highest BCUT2D eigenvalue weighted by Crippen LogP contribution is 2.23. The van der Waals surface area contributed by atoms with Crippen LogP contribution < -0.4 is 4.72 Å². The highest BCUT2D eigenvalue weighted by Gasteiger charge is 2.22. The van der Waals surface area contributed by atoms with E-state index in [9.17, 15) is 13.5 Å². The number of aliphatic hydroxyl groups is 1. The maximum Gasteiger partial charge on any atom is 0.241 e. The van der Waals surface area contributed by atoms with Gasteiger partial charge in [0.1, 0.15) is 0 Å². The number of nitrogens with one attached hydrogen (secondary N) is 1. The summed E-state index contributed by atoms with van der Waals surface area (Å²) in [6, 6.07) is 4.27. The lowest BCUT2D eigenvalue weighted by Gasteiger charge is -2.19. The van der Waals surface area contributed by atoms with Crippen molar-refractivity contribution < 1.29 is 13.5 Å². The summed E-state index contributed by atoms with van der Waals surface area (Å²) in [5.74, 6) is 0.292. The molecule has 0 aromatic heterocycles. The molecule has 108 valence electrons. The Kier molecular flexibility index (Phi) is 5.80. The van der Waals surface area contributed by atoms with E-state index in [4.69, 9.17) is 11.6 Å². The van der Waals surface area contributed by atoms with Crippen LogP contribution in [-0.4, -0.2) is 26.2 Å². The van der Waals surface area contributed by atoms with Crippen molar-refractivity contribution in [3.8, 4) is 0 Å². The zero-order chi connectivity index (χ0) is 14.6. The molecule has 1 unspecified atom stereocenters. The molecular weight excluding hydrogens is 286 g/mol. The van der Waals surface area contributed by atoms with Gasteiger partial charge < -0.3 is 5.11 Å². The molecule has 1 aromatic carbocycles. The van der Waals surface area contributed by atoms with E-state index in [-0.39, 0.29) is 11.5 Å². The van der Waals surface area contributed by atoms with Crippen molar-refractivity contribution in [2.24, 2.45) is 5.92 Å². The van der Waals surface area contributed by atoms with Gasteiger partial charge in [0.05, 0.1) is 11.5 Å². The lowest BCUT2D eigenvalue weighted by atomic mass is 10.1. The fourth-order valence-corrected chi connectivity index (χ4v) is 3.63. The summed E-state index contributed by atoms with van der Waals surface area (Å²) < 4.78 is 27.1. The summed E-state index contributed by atoms with van der Waals surface area (Å²) >= 11 is 5.93. The Morgan fingerprint density at radius 3 is 2.53 bits per heavy atom. The molecule has 0 saturated carbocycles. The smallest absolute Gasteiger partial charge is 0.241 e. The van der Waals surface area contributed by atoms with Gasteiger partial charge in [0.15, 0.2) is 0 Å². The number of sulfonamides is 1. The molecule has 0 fully saturated rings. The molecule has 4 nitrogen and oxygen atoms in total. The van der Waals surface area contributed by atoms with Crippen LogP contribution in [0.15, 0.2) is 23.1 Å². The third kappa shape index (κ3) is 4.45. The molecule has 0 radical (unpaired) electrons. The highest BCUT2D eigenvalue weighted by atomic mass is 35.5. The third-order valence-electron chi connectivity index (χ3n) is 2.81. The first-order valence-corrected chi connectivity index (χ1v) is 8.02. The van der Waals surface area contributed by atoms with Crippen molar-refractivity contribution in [2.45, 2.75) is 38.1 Å². The lowest BCUT2D eigenvalue weighted by molar-refractivity contribution is 0.240. The van der Waals surface area contributed by atoms with Crippen molar-refractivity contribution >= 4 is 21.6 Å². The van der Waals surface area contributed by atoms with Crippen molar-refractivity contribution in [1.82, 2.24) is 4.72 Å². The van der Waals surface area contributed by atoms with Gasteiger partial charge in [-0.1, -0.05) is 31.5 Å². The van der Waals surface area contributed by atoms with Gasteiger partial charge in [-0.25, -0.2) is 13.1 Å². The molecule has 2 N–H and O–H groups in total. The van der Waals surface area contributed by atoms with Crippen LogP contribution in [0.1, 0.15) is 25.8 Å². The molecule has 19 heavy (non-hydrogen) atoms. The minimum Gasteiger partial charge on any atom is -0.395 e. The fourth-order valence-electron chi connectivity index (χ4n) is 1.89. The third-order valence-corrected chi connectivity index (χ3v) is 4.88. The van der Waals surface area contributed by atoms with E-state index in [0.29, 0.717) is 22.9 Å². The van der Waals surface area contributed by atoms with Crippen molar-refractivity contribution in [1.29, 1.82) is 0 Å². The van der Waals surface area contributed by atoms with Gasteiger partial charge in [-0.3, -0.25) is 0 Å². The van der Waals surface area contributed by atoms with Gasteiger partial charge in [-0.05, 0) is 37.0 Å². The number of hydrogen-bond acceptors (Lipinski definition) is 3. The zero-order valence-corrected chi connectivity index (χ0v) is 12.9. The molecule has 0 bridgehead atoms. The molecule has 1 atom stereocenters. The first-order valence-electron chi connectivity index (χ1n) is 6.16. The first-order chi connectivity index (χ1) is 8.77. The molecule has 1 rings (SSSR count). The van der Waals surface area contributed by atoms with E-state index in [2.05, 4.69) is 4.72 Å². The van der Waals surface area contributed by atoms with Crippen LogP contribution in [0.5, 0.6) is 0 Å². The minimum absolute atomic E-state index is 0.155. The molecule has 0 heterocycles. The lowest BCUT2D eigenvalue weighted by Crippen LogP contribution is -2.38. The molecule has 0 aliphatic carbocycles. The molecule has 0 saturated heterocycles. The quantitative estimate of drug-likeness (QED) is 0.847. The number of halogens is 1. The molecule has 0 amide bonds. The number of hydrogen-bond donors (Lipinski definition) is 2. The predicted molar refractivity (Wildman–Crippen MR) is 76.8 cm³/mol. The monoisotopic (exact) mass is 305 g/mol. The van der Waals surface area contributed by atoms with Crippen molar-refractivity contribution in [3.05, 3.63) is 28.8 Å². The minimum atomic E-state index is -3.66. The molecule has 1 aromatic rings. The van der Waals surface area contributed by atoms with Gasteiger partial charge in [-0.15, -0.1) is 0 Å². The van der Waals surface area contributed by atoms with E-state index in [0.717, 1.165) is 0 Å².